The molecule has 0 fully saturated rings. The van der Waals surface area contributed by atoms with Crippen molar-refractivity contribution in [2.45, 2.75) is 11.5 Å². The zero-order valence-corrected chi connectivity index (χ0v) is 12.0. The molecule has 0 aromatic heterocycles. The van der Waals surface area contributed by atoms with Crippen LogP contribution in [0.1, 0.15) is 17.2 Å². The van der Waals surface area contributed by atoms with Crippen molar-refractivity contribution in [2.24, 2.45) is 0 Å². The highest BCUT2D eigenvalue weighted by Crippen LogP contribution is 2.26. The van der Waals surface area contributed by atoms with Gasteiger partial charge in [-0.1, -0.05) is 60.7 Å². The molecular weight excluding hydrogens is 279 g/mol. The predicted octanol–water partition coefficient (Wildman–Crippen LogP) is 4.64. The highest BCUT2D eigenvalue weighted by atomic mass is 35.5. The molecule has 100 valence electrons. The van der Waals surface area contributed by atoms with E-state index in [1.54, 1.807) is 0 Å². The van der Waals surface area contributed by atoms with Crippen molar-refractivity contribution >= 4 is 23.2 Å². The fraction of sp³-hybridized carbons (Fsp3) is 0.250. The number of ether oxygens (including phenoxy) is 1. The summed E-state index contributed by atoms with van der Waals surface area (Å²) in [5, 5.41) is -0.170. The lowest BCUT2D eigenvalue weighted by Gasteiger charge is -2.20. The zero-order chi connectivity index (χ0) is 13.5. The van der Waals surface area contributed by atoms with E-state index in [-0.39, 0.29) is 11.5 Å². The van der Waals surface area contributed by atoms with Crippen molar-refractivity contribution in [1.29, 1.82) is 0 Å². The lowest BCUT2D eigenvalue weighted by Crippen LogP contribution is -2.15. The van der Waals surface area contributed by atoms with Crippen LogP contribution in [0.4, 0.5) is 0 Å². The summed E-state index contributed by atoms with van der Waals surface area (Å²) in [6.07, 6.45) is -0.105. The van der Waals surface area contributed by atoms with Crippen LogP contribution in [0.5, 0.6) is 0 Å². The quantitative estimate of drug-likeness (QED) is 0.705. The van der Waals surface area contributed by atoms with E-state index in [2.05, 4.69) is 24.3 Å². The van der Waals surface area contributed by atoms with Crippen LogP contribution in [-0.2, 0) is 4.74 Å². The number of benzene rings is 2. The van der Waals surface area contributed by atoms with Crippen LogP contribution in [-0.4, -0.2) is 17.9 Å². The highest BCUT2D eigenvalue weighted by molar-refractivity contribution is 6.28. The number of halogens is 2. The largest absolute Gasteiger partial charge is 0.367 e. The minimum Gasteiger partial charge on any atom is -0.367 e. The van der Waals surface area contributed by atoms with E-state index < -0.39 is 0 Å². The second-order valence-corrected chi connectivity index (χ2v) is 5.21. The summed E-state index contributed by atoms with van der Waals surface area (Å²) in [4.78, 5) is 0. The average molecular weight is 295 g/mol. The molecule has 0 spiro atoms. The molecule has 0 radical (unpaired) electrons. The second-order valence-electron chi connectivity index (χ2n) is 4.29. The zero-order valence-electron chi connectivity index (χ0n) is 10.5. The molecule has 1 nitrogen and oxygen atoms in total. The third kappa shape index (κ3) is 4.24. The lowest BCUT2D eigenvalue weighted by molar-refractivity contribution is 0.0827. The van der Waals surface area contributed by atoms with Gasteiger partial charge in [0.1, 0.15) is 6.10 Å². The third-order valence-electron chi connectivity index (χ3n) is 2.82. The SMILES string of the molecule is ClCC(Cl)COC(c1ccccc1)c1ccccc1. The molecule has 1 unspecified atom stereocenters. The Hall–Kier alpha value is -1.02. The molecule has 2 rings (SSSR count). The van der Waals surface area contributed by atoms with Gasteiger partial charge in [0.25, 0.3) is 0 Å². The smallest absolute Gasteiger partial charge is 0.108 e. The van der Waals surface area contributed by atoms with Crippen LogP contribution in [0, 0.1) is 0 Å². The Balaban J connectivity index is 2.19. The summed E-state index contributed by atoms with van der Waals surface area (Å²) in [5.74, 6) is 0.387. The molecule has 0 aliphatic rings. The van der Waals surface area contributed by atoms with Gasteiger partial charge in [0.05, 0.1) is 12.0 Å². The minimum absolute atomic E-state index is 0.105. The number of rotatable bonds is 6. The summed E-state index contributed by atoms with van der Waals surface area (Å²) in [6, 6.07) is 20.3. The van der Waals surface area contributed by atoms with Gasteiger partial charge in [-0.2, -0.15) is 0 Å². The molecule has 0 bridgehead atoms. The number of hydrogen-bond donors (Lipinski definition) is 0. The summed E-state index contributed by atoms with van der Waals surface area (Å²) >= 11 is 11.7. The van der Waals surface area contributed by atoms with E-state index in [1.807, 2.05) is 36.4 Å². The summed E-state index contributed by atoms with van der Waals surface area (Å²) in [6.45, 7) is 0.430. The molecule has 2 aromatic carbocycles. The average Bonchev–Trinajstić information content (AvgIpc) is 2.49. The standard InChI is InChI=1S/C16H16Cl2O/c17-11-15(18)12-19-16(13-7-3-1-4-8-13)14-9-5-2-6-10-14/h1-10,15-16H,11-12H2. The van der Waals surface area contributed by atoms with Crippen LogP contribution in [0.3, 0.4) is 0 Å². The Morgan fingerprint density at radius 2 is 1.32 bits per heavy atom. The molecule has 0 saturated carbocycles. The van der Waals surface area contributed by atoms with Crippen molar-refractivity contribution in [3.8, 4) is 0 Å². The summed E-state index contributed by atoms with van der Waals surface area (Å²) in [7, 11) is 0. The van der Waals surface area contributed by atoms with Crippen LogP contribution in [0.25, 0.3) is 0 Å². The predicted molar refractivity (Wildman–Crippen MR) is 81.0 cm³/mol. The van der Waals surface area contributed by atoms with Gasteiger partial charge in [-0.15, -0.1) is 23.2 Å². The molecular formula is C16H16Cl2O. The van der Waals surface area contributed by atoms with E-state index in [0.29, 0.717) is 12.5 Å². The molecule has 0 N–H and O–H groups in total. The first kappa shape index (κ1) is 14.4. The maximum atomic E-state index is 6.03. The van der Waals surface area contributed by atoms with Crippen molar-refractivity contribution in [3.05, 3.63) is 71.8 Å². The highest BCUT2D eigenvalue weighted by Gasteiger charge is 2.15. The van der Waals surface area contributed by atoms with Crippen molar-refractivity contribution in [2.75, 3.05) is 12.5 Å². The Morgan fingerprint density at radius 3 is 1.74 bits per heavy atom. The molecule has 0 amide bonds. The summed E-state index contributed by atoms with van der Waals surface area (Å²) < 4.78 is 5.95. The first-order chi connectivity index (χ1) is 9.31. The normalized spacial score (nSPS) is 12.6. The van der Waals surface area contributed by atoms with Gasteiger partial charge >= 0.3 is 0 Å². The van der Waals surface area contributed by atoms with Crippen molar-refractivity contribution in [1.82, 2.24) is 0 Å². The Labute approximate surface area is 124 Å². The molecule has 3 heteroatoms. The fourth-order valence-electron chi connectivity index (χ4n) is 1.89. The molecule has 1 atom stereocenters. The van der Waals surface area contributed by atoms with Crippen LogP contribution >= 0.6 is 23.2 Å². The minimum atomic E-state index is -0.170. The first-order valence-corrected chi connectivity index (χ1v) is 7.20. The van der Waals surface area contributed by atoms with E-state index >= 15 is 0 Å². The van der Waals surface area contributed by atoms with Crippen molar-refractivity contribution in [3.63, 3.8) is 0 Å². The fourth-order valence-corrected chi connectivity index (χ4v) is 2.05. The van der Waals surface area contributed by atoms with E-state index in [4.69, 9.17) is 27.9 Å². The van der Waals surface area contributed by atoms with Gasteiger partial charge in [-0.05, 0) is 11.1 Å². The molecule has 2 aromatic rings. The van der Waals surface area contributed by atoms with Crippen LogP contribution < -0.4 is 0 Å². The topological polar surface area (TPSA) is 9.23 Å². The molecule has 0 aliphatic carbocycles. The molecule has 19 heavy (non-hydrogen) atoms. The Morgan fingerprint density at radius 1 is 0.842 bits per heavy atom. The van der Waals surface area contributed by atoms with Crippen LogP contribution in [0.15, 0.2) is 60.7 Å². The second kappa shape index (κ2) is 7.54. The van der Waals surface area contributed by atoms with Gasteiger partial charge in [0.15, 0.2) is 0 Å². The number of hydrogen-bond acceptors (Lipinski definition) is 1. The van der Waals surface area contributed by atoms with E-state index in [0.717, 1.165) is 11.1 Å². The van der Waals surface area contributed by atoms with Gasteiger partial charge in [0, 0.05) is 5.88 Å². The number of alkyl halides is 2. The van der Waals surface area contributed by atoms with Gasteiger partial charge in [-0.3, -0.25) is 0 Å². The monoisotopic (exact) mass is 294 g/mol. The van der Waals surface area contributed by atoms with E-state index in [1.165, 1.54) is 0 Å². The van der Waals surface area contributed by atoms with Gasteiger partial charge in [-0.25, -0.2) is 0 Å². The van der Waals surface area contributed by atoms with E-state index in [9.17, 15) is 0 Å². The third-order valence-corrected chi connectivity index (χ3v) is 3.63. The maximum absolute atomic E-state index is 6.03. The summed E-state index contributed by atoms with van der Waals surface area (Å²) in [5.41, 5.74) is 2.24. The van der Waals surface area contributed by atoms with Gasteiger partial charge < -0.3 is 4.74 Å². The Kier molecular flexibility index (Phi) is 5.71. The molecule has 0 aliphatic heterocycles. The maximum Gasteiger partial charge on any atom is 0.108 e. The van der Waals surface area contributed by atoms with Crippen molar-refractivity contribution < 1.29 is 4.74 Å². The lowest BCUT2D eigenvalue weighted by atomic mass is 10.0. The van der Waals surface area contributed by atoms with Crippen LogP contribution in [0.2, 0.25) is 0 Å². The van der Waals surface area contributed by atoms with Gasteiger partial charge in [0.2, 0.25) is 0 Å². The first-order valence-electron chi connectivity index (χ1n) is 6.23. The molecule has 0 saturated heterocycles. The Bertz CT molecular complexity index is 433. The molecule has 0 heterocycles.